The molecule has 1 aliphatic heterocycles. The van der Waals surface area contributed by atoms with E-state index < -0.39 is 0 Å². The van der Waals surface area contributed by atoms with Crippen molar-refractivity contribution in [2.45, 2.75) is 25.7 Å². The molecule has 0 aromatic heterocycles. The summed E-state index contributed by atoms with van der Waals surface area (Å²) in [5.41, 5.74) is 8.39. The number of azide groups is 1. The maximum Gasteiger partial charge on any atom is 0.0502 e. The fourth-order valence-corrected chi connectivity index (χ4v) is 3.35. The van der Waals surface area contributed by atoms with Gasteiger partial charge in [-0.1, -0.05) is 18.0 Å². The highest BCUT2D eigenvalue weighted by Gasteiger charge is 2.46. The summed E-state index contributed by atoms with van der Waals surface area (Å²) < 4.78 is 0. The molecule has 2 fully saturated rings. The van der Waals surface area contributed by atoms with E-state index in [4.69, 9.17) is 5.53 Å². The summed E-state index contributed by atoms with van der Waals surface area (Å²) >= 11 is 0. The summed E-state index contributed by atoms with van der Waals surface area (Å²) in [6, 6.07) is 0. The first-order chi connectivity index (χ1) is 7.80. The second kappa shape index (κ2) is 5.04. The molecule has 0 aromatic carbocycles. The Labute approximate surface area is 96.1 Å². The van der Waals surface area contributed by atoms with Crippen LogP contribution in [0.2, 0.25) is 0 Å². The molecule has 1 heterocycles. The highest BCUT2D eigenvalue weighted by atomic mass is 16.3. The highest BCUT2D eigenvalue weighted by Crippen LogP contribution is 2.46. The van der Waals surface area contributed by atoms with Crippen LogP contribution in [-0.2, 0) is 0 Å². The summed E-state index contributed by atoms with van der Waals surface area (Å²) in [6.07, 6.45) is 4.96. The standard InChI is InChI=1S/C11H20N4O/c12-14-13-5-6-15-7-10-3-1-2-4-11(10,8-15)9-16/h10,16H,1-9H2/t10-,11+/m0/s1. The van der Waals surface area contributed by atoms with Crippen molar-refractivity contribution in [2.24, 2.45) is 16.4 Å². The van der Waals surface area contributed by atoms with Crippen molar-refractivity contribution in [1.29, 1.82) is 0 Å². The largest absolute Gasteiger partial charge is 0.396 e. The molecule has 0 unspecified atom stereocenters. The third kappa shape index (κ3) is 2.17. The van der Waals surface area contributed by atoms with Gasteiger partial charge in [-0.05, 0) is 24.3 Å². The van der Waals surface area contributed by atoms with Crippen molar-refractivity contribution in [3.8, 4) is 0 Å². The van der Waals surface area contributed by atoms with E-state index in [0.29, 0.717) is 19.1 Å². The second-order valence-electron chi connectivity index (χ2n) is 5.15. The van der Waals surface area contributed by atoms with Gasteiger partial charge in [-0.25, -0.2) is 0 Å². The van der Waals surface area contributed by atoms with Crippen LogP contribution in [0.5, 0.6) is 0 Å². The number of hydrogen-bond acceptors (Lipinski definition) is 3. The maximum atomic E-state index is 9.63. The average molecular weight is 224 g/mol. The molecule has 5 heteroatoms. The van der Waals surface area contributed by atoms with Crippen molar-refractivity contribution < 1.29 is 5.11 Å². The predicted molar refractivity (Wildman–Crippen MR) is 61.9 cm³/mol. The van der Waals surface area contributed by atoms with Crippen LogP contribution in [0.3, 0.4) is 0 Å². The fraction of sp³-hybridized carbons (Fsp3) is 1.00. The predicted octanol–water partition coefficient (Wildman–Crippen LogP) is 1.78. The molecule has 1 saturated heterocycles. The highest BCUT2D eigenvalue weighted by molar-refractivity contribution is 4.98. The van der Waals surface area contributed by atoms with Crippen LogP contribution in [0, 0.1) is 11.3 Å². The van der Waals surface area contributed by atoms with Crippen molar-refractivity contribution in [3.05, 3.63) is 10.4 Å². The van der Waals surface area contributed by atoms with Crippen LogP contribution in [0.25, 0.3) is 10.4 Å². The van der Waals surface area contributed by atoms with Gasteiger partial charge < -0.3 is 10.0 Å². The smallest absolute Gasteiger partial charge is 0.0502 e. The lowest BCUT2D eigenvalue weighted by Gasteiger charge is -2.36. The van der Waals surface area contributed by atoms with E-state index in [-0.39, 0.29) is 5.41 Å². The molecule has 0 spiro atoms. The van der Waals surface area contributed by atoms with Gasteiger partial charge in [0.25, 0.3) is 0 Å². The summed E-state index contributed by atoms with van der Waals surface area (Å²) in [4.78, 5) is 5.12. The molecular formula is C11H20N4O. The van der Waals surface area contributed by atoms with Gasteiger partial charge in [0.2, 0.25) is 0 Å². The van der Waals surface area contributed by atoms with Gasteiger partial charge in [0.15, 0.2) is 0 Å². The molecule has 2 atom stereocenters. The van der Waals surface area contributed by atoms with Gasteiger partial charge >= 0.3 is 0 Å². The van der Waals surface area contributed by atoms with Gasteiger partial charge in [-0.3, -0.25) is 0 Å². The van der Waals surface area contributed by atoms with Gasteiger partial charge in [-0.15, -0.1) is 0 Å². The van der Waals surface area contributed by atoms with E-state index in [1.165, 1.54) is 19.3 Å². The molecule has 1 N–H and O–H groups in total. The Morgan fingerprint density at radius 3 is 3.06 bits per heavy atom. The third-order valence-corrected chi connectivity index (χ3v) is 4.25. The third-order valence-electron chi connectivity index (χ3n) is 4.25. The van der Waals surface area contributed by atoms with E-state index in [0.717, 1.165) is 26.1 Å². The Balaban J connectivity index is 1.94. The Bertz CT molecular complexity index is 290. The lowest BCUT2D eigenvalue weighted by Crippen LogP contribution is -2.37. The number of rotatable bonds is 4. The van der Waals surface area contributed by atoms with Gasteiger partial charge in [0, 0.05) is 36.5 Å². The number of aliphatic hydroxyl groups is 1. The average Bonchev–Trinajstić information content (AvgIpc) is 2.68. The molecule has 2 rings (SSSR count). The molecule has 0 radical (unpaired) electrons. The summed E-state index contributed by atoms with van der Waals surface area (Å²) in [5.74, 6) is 0.650. The summed E-state index contributed by atoms with van der Waals surface area (Å²) in [7, 11) is 0. The van der Waals surface area contributed by atoms with E-state index in [1.807, 2.05) is 0 Å². The van der Waals surface area contributed by atoms with Crippen molar-refractivity contribution in [1.82, 2.24) is 4.90 Å². The second-order valence-corrected chi connectivity index (χ2v) is 5.15. The molecule has 0 aromatic rings. The van der Waals surface area contributed by atoms with Gasteiger partial charge in [-0.2, -0.15) is 0 Å². The molecule has 0 bridgehead atoms. The van der Waals surface area contributed by atoms with Crippen molar-refractivity contribution >= 4 is 0 Å². The normalized spacial score (nSPS) is 34.4. The minimum absolute atomic E-state index is 0.147. The molecule has 1 saturated carbocycles. The number of likely N-dealkylation sites (tertiary alicyclic amines) is 1. The maximum absolute atomic E-state index is 9.63. The van der Waals surface area contributed by atoms with Crippen LogP contribution in [0.1, 0.15) is 25.7 Å². The topological polar surface area (TPSA) is 72.2 Å². The van der Waals surface area contributed by atoms with Crippen LogP contribution < -0.4 is 0 Å². The number of aliphatic hydroxyl groups excluding tert-OH is 1. The first-order valence-corrected chi connectivity index (χ1v) is 6.15. The van der Waals surface area contributed by atoms with Crippen LogP contribution in [0.15, 0.2) is 5.11 Å². The Kier molecular flexibility index (Phi) is 3.69. The summed E-state index contributed by atoms with van der Waals surface area (Å²) in [6.45, 7) is 3.75. The summed E-state index contributed by atoms with van der Waals surface area (Å²) in [5, 5.41) is 13.2. The number of nitrogens with zero attached hydrogens (tertiary/aromatic N) is 4. The Morgan fingerprint density at radius 2 is 2.38 bits per heavy atom. The van der Waals surface area contributed by atoms with E-state index in [9.17, 15) is 5.11 Å². The van der Waals surface area contributed by atoms with Crippen molar-refractivity contribution in [2.75, 3.05) is 32.8 Å². The van der Waals surface area contributed by atoms with E-state index in [2.05, 4.69) is 14.9 Å². The zero-order valence-corrected chi connectivity index (χ0v) is 9.68. The zero-order valence-electron chi connectivity index (χ0n) is 9.68. The lowest BCUT2D eigenvalue weighted by molar-refractivity contribution is 0.0584. The van der Waals surface area contributed by atoms with Crippen LogP contribution in [-0.4, -0.2) is 42.8 Å². The molecule has 90 valence electrons. The van der Waals surface area contributed by atoms with E-state index in [1.54, 1.807) is 0 Å². The Morgan fingerprint density at radius 1 is 1.50 bits per heavy atom. The van der Waals surface area contributed by atoms with Crippen LogP contribution >= 0.6 is 0 Å². The molecule has 1 aliphatic carbocycles. The monoisotopic (exact) mass is 224 g/mol. The number of hydrogen-bond donors (Lipinski definition) is 1. The van der Waals surface area contributed by atoms with Crippen molar-refractivity contribution in [3.63, 3.8) is 0 Å². The zero-order chi connectivity index (χ0) is 11.4. The fourth-order valence-electron chi connectivity index (χ4n) is 3.35. The molecule has 5 nitrogen and oxygen atoms in total. The number of fused-ring (bicyclic) bond motifs is 1. The van der Waals surface area contributed by atoms with Crippen LogP contribution in [0.4, 0.5) is 0 Å². The van der Waals surface area contributed by atoms with Gasteiger partial charge in [0.05, 0.1) is 6.61 Å². The quantitative estimate of drug-likeness (QED) is 0.449. The minimum Gasteiger partial charge on any atom is -0.396 e. The molecule has 0 amide bonds. The van der Waals surface area contributed by atoms with Gasteiger partial charge in [0.1, 0.15) is 0 Å². The molecule has 2 aliphatic rings. The first kappa shape index (κ1) is 11.7. The molecule has 16 heavy (non-hydrogen) atoms. The van der Waals surface area contributed by atoms with E-state index >= 15 is 0 Å². The minimum atomic E-state index is 0.147. The molecular weight excluding hydrogens is 204 g/mol. The first-order valence-electron chi connectivity index (χ1n) is 6.15. The Hall–Kier alpha value is -0.770. The lowest BCUT2D eigenvalue weighted by atomic mass is 9.69. The SMILES string of the molecule is [N-]=[N+]=NCCN1C[C@@H]2CCCC[C@]2(CO)C1.